The first-order valence-electron chi connectivity index (χ1n) is 5.15. The third-order valence-electron chi connectivity index (χ3n) is 2.56. The van der Waals surface area contributed by atoms with Crippen molar-refractivity contribution in [3.63, 3.8) is 0 Å². The fraction of sp³-hybridized carbons (Fsp3) is 0.143. The molecule has 1 heteroatoms. The molecule has 0 fully saturated rings. The van der Waals surface area contributed by atoms with Crippen LogP contribution in [0.25, 0.3) is 11.1 Å². The van der Waals surface area contributed by atoms with Crippen LogP contribution in [0.4, 0.5) is 5.69 Å². The minimum atomic E-state index is 1.17. The molecule has 2 rings (SSSR count). The van der Waals surface area contributed by atoms with E-state index in [9.17, 15) is 0 Å². The SMILES string of the molecule is CNc1ccccc1-c1ccc(C)cc1. The average molecular weight is 197 g/mol. The molecule has 0 saturated carbocycles. The van der Waals surface area contributed by atoms with Gasteiger partial charge in [-0.25, -0.2) is 0 Å². The number of benzene rings is 2. The van der Waals surface area contributed by atoms with Crippen LogP contribution in [-0.2, 0) is 0 Å². The second-order valence-electron chi connectivity index (χ2n) is 3.66. The molecule has 0 aromatic heterocycles. The van der Waals surface area contributed by atoms with Crippen molar-refractivity contribution in [2.45, 2.75) is 6.92 Å². The third kappa shape index (κ3) is 2.01. The molecular formula is C14H15N. The number of rotatable bonds is 2. The van der Waals surface area contributed by atoms with Gasteiger partial charge in [0.15, 0.2) is 0 Å². The molecule has 1 nitrogen and oxygen atoms in total. The Morgan fingerprint density at radius 2 is 1.53 bits per heavy atom. The highest BCUT2D eigenvalue weighted by Crippen LogP contribution is 2.27. The molecule has 0 spiro atoms. The summed E-state index contributed by atoms with van der Waals surface area (Å²) in [7, 11) is 1.95. The first-order valence-corrected chi connectivity index (χ1v) is 5.15. The van der Waals surface area contributed by atoms with Gasteiger partial charge >= 0.3 is 0 Å². The van der Waals surface area contributed by atoms with E-state index in [2.05, 4.69) is 54.7 Å². The molecule has 0 unspecified atom stereocenters. The zero-order valence-corrected chi connectivity index (χ0v) is 9.12. The van der Waals surface area contributed by atoms with E-state index in [1.54, 1.807) is 0 Å². The predicted molar refractivity (Wildman–Crippen MR) is 66.2 cm³/mol. The molecule has 0 atom stereocenters. The summed E-state index contributed by atoms with van der Waals surface area (Å²) in [6, 6.07) is 16.9. The lowest BCUT2D eigenvalue weighted by atomic mass is 10.0. The van der Waals surface area contributed by atoms with Crippen LogP contribution in [0.5, 0.6) is 0 Å². The zero-order valence-electron chi connectivity index (χ0n) is 9.12. The number of aryl methyl sites for hydroxylation is 1. The summed E-state index contributed by atoms with van der Waals surface area (Å²) in [6.07, 6.45) is 0. The molecule has 15 heavy (non-hydrogen) atoms. The van der Waals surface area contributed by atoms with Gasteiger partial charge in [0.1, 0.15) is 0 Å². The molecule has 0 bridgehead atoms. The lowest BCUT2D eigenvalue weighted by molar-refractivity contribution is 1.45. The molecule has 0 radical (unpaired) electrons. The summed E-state index contributed by atoms with van der Waals surface area (Å²) < 4.78 is 0. The van der Waals surface area contributed by atoms with Crippen LogP contribution >= 0.6 is 0 Å². The summed E-state index contributed by atoms with van der Waals surface area (Å²) in [5, 5.41) is 3.21. The second-order valence-corrected chi connectivity index (χ2v) is 3.66. The second kappa shape index (κ2) is 4.18. The Labute approximate surface area is 90.8 Å². The third-order valence-corrected chi connectivity index (χ3v) is 2.56. The van der Waals surface area contributed by atoms with Crippen LogP contribution < -0.4 is 5.32 Å². The summed E-state index contributed by atoms with van der Waals surface area (Å²) >= 11 is 0. The maximum atomic E-state index is 3.21. The molecule has 0 aliphatic rings. The smallest absolute Gasteiger partial charge is 0.0417 e. The van der Waals surface area contributed by atoms with Gasteiger partial charge in [-0.05, 0) is 18.6 Å². The molecule has 2 aromatic rings. The number of hydrogen-bond donors (Lipinski definition) is 1. The first-order chi connectivity index (χ1) is 7.31. The van der Waals surface area contributed by atoms with Crippen LogP contribution in [0.15, 0.2) is 48.5 Å². The van der Waals surface area contributed by atoms with E-state index in [1.807, 2.05) is 13.1 Å². The number of hydrogen-bond acceptors (Lipinski definition) is 1. The van der Waals surface area contributed by atoms with Crippen molar-refractivity contribution in [3.05, 3.63) is 54.1 Å². The zero-order chi connectivity index (χ0) is 10.7. The van der Waals surface area contributed by atoms with Gasteiger partial charge in [-0.15, -0.1) is 0 Å². The molecule has 0 aliphatic carbocycles. The molecule has 0 amide bonds. The monoisotopic (exact) mass is 197 g/mol. The van der Waals surface area contributed by atoms with E-state index in [0.29, 0.717) is 0 Å². The lowest BCUT2D eigenvalue weighted by Crippen LogP contribution is -1.91. The van der Waals surface area contributed by atoms with Gasteiger partial charge in [-0.1, -0.05) is 48.0 Å². The molecule has 0 heterocycles. The molecule has 2 aromatic carbocycles. The van der Waals surface area contributed by atoms with Crippen molar-refractivity contribution < 1.29 is 0 Å². The minimum absolute atomic E-state index is 1.17. The van der Waals surface area contributed by atoms with Gasteiger partial charge in [-0.2, -0.15) is 0 Å². The Bertz CT molecular complexity index is 443. The average Bonchev–Trinajstić information content (AvgIpc) is 2.30. The van der Waals surface area contributed by atoms with Gasteiger partial charge in [0, 0.05) is 18.3 Å². The highest BCUT2D eigenvalue weighted by molar-refractivity contribution is 5.77. The summed E-state index contributed by atoms with van der Waals surface area (Å²) in [4.78, 5) is 0. The summed E-state index contributed by atoms with van der Waals surface area (Å²) in [5.41, 5.74) is 4.97. The Balaban J connectivity index is 2.49. The van der Waals surface area contributed by atoms with Gasteiger partial charge in [0.25, 0.3) is 0 Å². The predicted octanol–water partition coefficient (Wildman–Crippen LogP) is 3.70. The minimum Gasteiger partial charge on any atom is -0.388 e. The van der Waals surface area contributed by atoms with E-state index >= 15 is 0 Å². The van der Waals surface area contributed by atoms with Gasteiger partial charge < -0.3 is 5.32 Å². The molecule has 0 aliphatic heterocycles. The highest BCUT2D eigenvalue weighted by atomic mass is 14.8. The highest BCUT2D eigenvalue weighted by Gasteiger charge is 2.01. The Hall–Kier alpha value is -1.76. The van der Waals surface area contributed by atoms with Crippen molar-refractivity contribution in [1.29, 1.82) is 0 Å². The first kappa shape index (κ1) is 9.78. The van der Waals surface area contributed by atoms with E-state index in [-0.39, 0.29) is 0 Å². The van der Waals surface area contributed by atoms with Gasteiger partial charge in [-0.3, -0.25) is 0 Å². The number of para-hydroxylation sites is 1. The van der Waals surface area contributed by atoms with Crippen LogP contribution in [0.1, 0.15) is 5.56 Å². The largest absolute Gasteiger partial charge is 0.388 e. The van der Waals surface area contributed by atoms with Crippen molar-refractivity contribution in [2.75, 3.05) is 12.4 Å². The summed E-state index contributed by atoms with van der Waals surface area (Å²) in [5.74, 6) is 0. The van der Waals surface area contributed by atoms with Gasteiger partial charge in [0.05, 0.1) is 0 Å². The van der Waals surface area contributed by atoms with E-state index < -0.39 is 0 Å². The number of nitrogens with one attached hydrogen (secondary N) is 1. The van der Waals surface area contributed by atoms with Crippen LogP contribution in [-0.4, -0.2) is 7.05 Å². The Kier molecular flexibility index (Phi) is 2.72. The molecule has 0 saturated heterocycles. The quantitative estimate of drug-likeness (QED) is 0.774. The summed E-state index contributed by atoms with van der Waals surface area (Å²) in [6.45, 7) is 2.10. The number of anilines is 1. The van der Waals surface area contributed by atoms with E-state index in [0.717, 1.165) is 0 Å². The molecule has 1 N–H and O–H groups in total. The maximum Gasteiger partial charge on any atom is 0.0417 e. The Morgan fingerprint density at radius 3 is 2.20 bits per heavy atom. The molecule has 76 valence electrons. The van der Waals surface area contributed by atoms with Crippen molar-refractivity contribution in [1.82, 2.24) is 0 Å². The lowest BCUT2D eigenvalue weighted by Gasteiger charge is -2.08. The Morgan fingerprint density at radius 1 is 0.867 bits per heavy atom. The van der Waals surface area contributed by atoms with Crippen molar-refractivity contribution in [3.8, 4) is 11.1 Å². The van der Waals surface area contributed by atoms with Crippen molar-refractivity contribution >= 4 is 5.69 Å². The van der Waals surface area contributed by atoms with Crippen molar-refractivity contribution in [2.24, 2.45) is 0 Å². The fourth-order valence-corrected chi connectivity index (χ4v) is 1.69. The van der Waals surface area contributed by atoms with Crippen LogP contribution in [0, 0.1) is 6.92 Å². The topological polar surface area (TPSA) is 12.0 Å². The standard InChI is InChI=1S/C14H15N/c1-11-7-9-12(10-8-11)13-5-3-4-6-14(13)15-2/h3-10,15H,1-2H3. The van der Waals surface area contributed by atoms with E-state index in [4.69, 9.17) is 0 Å². The molecular weight excluding hydrogens is 182 g/mol. The van der Waals surface area contributed by atoms with E-state index in [1.165, 1.54) is 22.4 Å². The normalized spacial score (nSPS) is 10.0. The van der Waals surface area contributed by atoms with Gasteiger partial charge in [0.2, 0.25) is 0 Å². The van der Waals surface area contributed by atoms with Crippen LogP contribution in [0.2, 0.25) is 0 Å². The fourth-order valence-electron chi connectivity index (χ4n) is 1.69. The maximum absolute atomic E-state index is 3.21. The van der Waals surface area contributed by atoms with Crippen LogP contribution in [0.3, 0.4) is 0 Å².